The molecule has 0 N–H and O–H groups in total. The highest BCUT2D eigenvalue weighted by molar-refractivity contribution is 7.14. The first-order valence-corrected chi connectivity index (χ1v) is 9.55. The lowest BCUT2D eigenvalue weighted by atomic mass is 10.1. The summed E-state index contributed by atoms with van der Waals surface area (Å²) < 4.78 is 10.8. The predicted octanol–water partition coefficient (Wildman–Crippen LogP) is 4.37. The van der Waals surface area contributed by atoms with Crippen LogP contribution in [0.2, 0.25) is 0 Å². The van der Waals surface area contributed by atoms with E-state index in [0.717, 1.165) is 60.1 Å². The Morgan fingerprint density at radius 3 is 2.76 bits per heavy atom. The van der Waals surface area contributed by atoms with Crippen molar-refractivity contribution < 1.29 is 14.3 Å². The van der Waals surface area contributed by atoms with Gasteiger partial charge in [-0.2, -0.15) is 0 Å². The summed E-state index contributed by atoms with van der Waals surface area (Å²) in [6, 6.07) is 5.65. The molecule has 0 saturated heterocycles. The second-order valence-electron chi connectivity index (χ2n) is 6.20. The number of nitrogens with zero attached hydrogens (tertiary/aromatic N) is 2. The Labute approximate surface area is 152 Å². The van der Waals surface area contributed by atoms with Crippen molar-refractivity contribution in [3.05, 3.63) is 23.6 Å². The van der Waals surface area contributed by atoms with Crippen molar-refractivity contribution in [2.24, 2.45) is 5.92 Å². The van der Waals surface area contributed by atoms with Crippen LogP contribution >= 0.6 is 11.3 Å². The van der Waals surface area contributed by atoms with Gasteiger partial charge in [0, 0.05) is 23.4 Å². The number of anilines is 1. The van der Waals surface area contributed by atoms with Crippen LogP contribution < -0.4 is 14.4 Å². The minimum atomic E-state index is 0.190. The minimum absolute atomic E-state index is 0.190. The maximum Gasteiger partial charge on any atom is 0.231 e. The maximum atomic E-state index is 12.6. The summed E-state index contributed by atoms with van der Waals surface area (Å²) >= 11 is 1.51. The molecule has 1 aromatic carbocycles. The topological polar surface area (TPSA) is 51.7 Å². The zero-order valence-corrected chi connectivity index (χ0v) is 15.8. The number of amides is 1. The van der Waals surface area contributed by atoms with Crippen molar-refractivity contribution in [1.29, 1.82) is 0 Å². The van der Waals surface area contributed by atoms with Gasteiger partial charge in [-0.25, -0.2) is 4.98 Å². The van der Waals surface area contributed by atoms with Crippen LogP contribution in [-0.2, 0) is 4.79 Å². The number of carbonyl (C=O) groups is 1. The smallest absolute Gasteiger partial charge is 0.231 e. The molecule has 3 rings (SSSR count). The first-order chi connectivity index (χ1) is 12.2. The quantitative estimate of drug-likeness (QED) is 0.701. The second kappa shape index (κ2) is 7.87. The van der Waals surface area contributed by atoms with Crippen LogP contribution in [0.1, 0.15) is 32.6 Å². The van der Waals surface area contributed by atoms with E-state index in [1.54, 1.807) is 14.2 Å². The molecule has 0 aliphatic heterocycles. The van der Waals surface area contributed by atoms with E-state index in [9.17, 15) is 4.79 Å². The van der Waals surface area contributed by atoms with Crippen LogP contribution in [0, 0.1) is 5.92 Å². The third kappa shape index (κ3) is 3.95. The maximum absolute atomic E-state index is 12.6. The Morgan fingerprint density at radius 1 is 1.32 bits per heavy atom. The number of methoxy groups -OCH3 is 2. The van der Waals surface area contributed by atoms with E-state index in [4.69, 9.17) is 14.5 Å². The summed E-state index contributed by atoms with van der Waals surface area (Å²) in [6.07, 6.45) is 4.04. The highest BCUT2D eigenvalue weighted by Crippen LogP contribution is 2.38. The molecule has 1 aromatic heterocycles. The van der Waals surface area contributed by atoms with Gasteiger partial charge in [0.1, 0.15) is 11.5 Å². The molecule has 2 aromatic rings. The molecular formula is C19H24N2O3S. The highest BCUT2D eigenvalue weighted by Gasteiger charge is 2.34. The van der Waals surface area contributed by atoms with E-state index in [1.165, 1.54) is 11.3 Å². The number of benzene rings is 1. The normalized spacial score (nSPS) is 13.6. The molecule has 0 bridgehead atoms. The third-order valence-electron chi connectivity index (χ3n) is 4.33. The molecule has 5 nitrogen and oxygen atoms in total. The summed E-state index contributed by atoms with van der Waals surface area (Å²) in [4.78, 5) is 19.2. The van der Waals surface area contributed by atoms with Crippen molar-refractivity contribution in [2.75, 3.05) is 25.7 Å². The SMILES string of the molecule is CCCCN(C(=O)C1CC1)c1nc(-c2cc(OC)ccc2OC)cs1. The van der Waals surface area contributed by atoms with Crippen LogP contribution in [0.4, 0.5) is 5.13 Å². The first-order valence-electron chi connectivity index (χ1n) is 8.67. The van der Waals surface area contributed by atoms with Gasteiger partial charge in [0.25, 0.3) is 0 Å². The van der Waals surface area contributed by atoms with E-state index in [0.29, 0.717) is 0 Å². The lowest BCUT2D eigenvalue weighted by molar-refractivity contribution is -0.119. The number of ether oxygens (including phenoxy) is 2. The van der Waals surface area contributed by atoms with Gasteiger partial charge in [-0.3, -0.25) is 9.69 Å². The molecule has 1 fully saturated rings. The molecule has 0 radical (unpaired) electrons. The predicted molar refractivity (Wildman–Crippen MR) is 101 cm³/mol. The Bertz CT molecular complexity index is 740. The lowest BCUT2D eigenvalue weighted by Gasteiger charge is -2.19. The van der Waals surface area contributed by atoms with Gasteiger partial charge in [0.15, 0.2) is 5.13 Å². The zero-order chi connectivity index (χ0) is 17.8. The van der Waals surface area contributed by atoms with Crippen LogP contribution in [-0.4, -0.2) is 31.7 Å². The zero-order valence-electron chi connectivity index (χ0n) is 14.9. The van der Waals surface area contributed by atoms with Crippen molar-refractivity contribution in [3.63, 3.8) is 0 Å². The number of rotatable bonds is 8. The Hall–Kier alpha value is -2.08. The number of hydrogen-bond acceptors (Lipinski definition) is 5. The van der Waals surface area contributed by atoms with E-state index >= 15 is 0 Å². The summed E-state index contributed by atoms with van der Waals surface area (Å²) in [6.45, 7) is 2.86. The van der Waals surface area contributed by atoms with Gasteiger partial charge in [0.05, 0.1) is 19.9 Å². The summed E-state index contributed by atoms with van der Waals surface area (Å²) in [5.41, 5.74) is 1.68. The van der Waals surface area contributed by atoms with Crippen LogP contribution in [0.15, 0.2) is 23.6 Å². The van der Waals surface area contributed by atoms with Crippen molar-refractivity contribution in [3.8, 4) is 22.8 Å². The van der Waals surface area contributed by atoms with Crippen LogP contribution in [0.3, 0.4) is 0 Å². The molecule has 25 heavy (non-hydrogen) atoms. The Balaban J connectivity index is 1.91. The average molecular weight is 360 g/mol. The van der Waals surface area contributed by atoms with Gasteiger partial charge in [-0.15, -0.1) is 11.3 Å². The second-order valence-corrected chi connectivity index (χ2v) is 7.04. The average Bonchev–Trinajstić information content (AvgIpc) is 3.39. The largest absolute Gasteiger partial charge is 0.497 e. The molecule has 0 atom stereocenters. The van der Waals surface area contributed by atoms with Gasteiger partial charge < -0.3 is 9.47 Å². The summed E-state index contributed by atoms with van der Waals surface area (Å²) in [7, 11) is 3.28. The number of hydrogen-bond donors (Lipinski definition) is 0. The molecular weight excluding hydrogens is 336 g/mol. The van der Waals surface area contributed by atoms with Crippen molar-refractivity contribution in [1.82, 2.24) is 4.98 Å². The fraction of sp³-hybridized carbons (Fsp3) is 0.474. The van der Waals surface area contributed by atoms with Crippen LogP contribution in [0.5, 0.6) is 11.5 Å². The van der Waals surface area contributed by atoms with E-state index < -0.39 is 0 Å². The van der Waals surface area contributed by atoms with Gasteiger partial charge in [0.2, 0.25) is 5.91 Å². The van der Waals surface area contributed by atoms with E-state index in [2.05, 4.69) is 6.92 Å². The molecule has 6 heteroatoms. The summed E-state index contributed by atoms with van der Waals surface area (Å²) in [5, 5.41) is 2.75. The fourth-order valence-electron chi connectivity index (χ4n) is 2.69. The van der Waals surface area contributed by atoms with Crippen LogP contribution in [0.25, 0.3) is 11.3 Å². The van der Waals surface area contributed by atoms with Crippen molar-refractivity contribution >= 4 is 22.4 Å². The molecule has 1 heterocycles. The lowest BCUT2D eigenvalue weighted by Crippen LogP contribution is -2.33. The highest BCUT2D eigenvalue weighted by atomic mass is 32.1. The molecule has 1 saturated carbocycles. The number of carbonyl (C=O) groups excluding carboxylic acids is 1. The minimum Gasteiger partial charge on any atom is -0.497 e. The van der Waals surface area contributed by atoms with E-state index in [-0.39, 0.29) is 11.8 Å². The van der Waals surface area contributed by atoms with Gasteiger partial charge in [-0.05, 0) is 37.5 Å². The number of thiazole rings is 1. The first kappa shape index (κ1) is 17.7. The summed E-state index contributed by atoms with van der Waals surface area (Å²) in [5.74, 6) is 1.90. The number of unbranched alkanes of at least 4 members (excludes halogenated alkanes) is 1. The molecule has 1 aliphatic carbocycles. The molecule has 0 unspecified atom stereocenters. The molecule has 0 spiro atoms. The third-order valence-corrected chi connectivity index (χ3v) is 5.20. The molecule has 134 valence electrons. The van der Waals surface area contributed by atoms with E-state index in [1.807, 2.05) is 28.5 Å². The Morgan fingerprint density at radius 2 is 2.12 bits per heavy atom. The van der Waals surface area contributed by atoms with Crippen molar-refractivity contribution in [2.45, 2.75) is 32.6 Å². The molecule has 1 aliphatic rings. The van der Waals surface area contributed by atoms with Gasteiger partial charge in [-0.1, -0.05) is 13.3 Å². The number of aromatic nitrogens is 1. The fourth-order valence-corrected chi connectivity index (χ4v) is 3.55. The van der Waals surface area contributed by atoms with Gasteiger partial charge >= 0.3 is 0 Å². The standard InChI is InChI=1S/C19H24N2O3S/c1-4-5-10-21(18(22)13-6-7-13)19-20-16(12-25-19)15-11-14(23-2)8-9-17(15)24-3/h8-9,11-13H,4-7,10H2,1-3H3. The molecule has 1 amide bonds. The monoisotopic (exact) mass is 360 g/mol. The Kier molecular flexibility index (Phi) is 5.58.